The van der Waals surface area contributed by atoms with Crippen LogP contribution in [-0.2, 0) is 22.4 Å². The van der Waals surface area contributed by atoms with Gasteiger partial charge in [0.2, 0.25) is 5.88 Å². The normalized spacial score (nSPS) is 23.6. The molecule has 8 nitrogen and oxygen atoms in total. The first-order valence-corrected chi connectivity index (χ1v) is 14.2. The Hall–Kier alpha value is -2.92. The number of rotatable bonds is 12. The van der Waals surface area contributed by atoms with Crippen molar-refractivity contribution in [2.75, 3.05) is 32.1 Å². The number of aromatic nitrogens is 2. The van der Waals surface area contributed by atoms with Gasteiger partial charge in [-0.1, -0.05) is 6.07 Å². The molecule has 2 atom stereocenters. The molecule has 0 spiro atoms. The number of hydrogen-bond acceptors (Lipinski definition) is 7. The van der Waals surface area contributed by atoms with Crippen LogP contribution in [0.4, 0.5) is 19.0 Å². The number of fused-ring (bicyclic) bond motifs is 1. The molecule has 0 radical (unpaired) electrons. The number of ether oxygens (including phenoxy) is 2. The van der Waals surface area contributed by atoms with E-state index in [9.17, 15) is 14.3 Å². The van der Waals surface area contributed by atoms with Crippen LogP contribution in [0.3, 0.4) is 0 Å². The van der Waals surface area contributed by atoms with Crippen molar-refractivity contribution in [3.05, 3.63) is 47.0 Å². The number of alkyl halides is 2. The molecule has 1 saturated carbocycles. The predicted octanol–water partition coefficient (Wildman–Crippen LogP) is 5.03. The minimum absolute atomic E-state index is 0.0227. The van der Waals surface area contributed by atoms with Gasteiger partial charge in [0.1, 0.15) is 23.8 Å². The number of halogens is 3. The summed E-state index contributed by atoms with van der Waals surface area (Å²) < 4.78 is 55.8. The predicted molar refractivity (Wildman–Crippen MR) is 142 cm³/mol. The molecule has 0 bridgehead atoms. The van der Waals surface area contributed by atoms with Crippen molar-refractivity contribution >= 4 is 11.8 Å². The minimum atomic E-state index is -2.94. The Morgan fingerprint density at radius 2 is 2.10 bits per heavy atom. The van der Waals surface area contributed by atoms with Crippen LogP contribution in [0, 0.1) is 11.7 Å². The van der Waals surface area contributed by atoms with E-state index in [1.165, 1.54) is 10.5 Å². The molecule has 2 fully saturated rings. The summed E-state index contributed by atoms with van der Waals surface area (Å²) in [7, 11) is 1.60. The van der Waals surface area contributed by atoms with Gasteiger partial charge in [-0.05, 0) is 62.8 Å². The van der Waals surface area contributed by atoms with Crippen LogP contribution in [0.15, 0.2) is 24.4 Å². The molecular formula is C29H37F3N4O4. The molecule has 2 N–H and O–H groups in total. The Morgan fingerprint density at radius 1 is 1.27 bits per heavy atom. The summed E-state index contributed by atoms with van der Waals surface area (Å²) in [5.74, 6) is -4.96. The lowest BCUT2D eigenvalue weighted by Gasteiger charge is -2.35. The summed E-state index contributed by atoms with van der Waals surface area (Å²) in [5.41, 5.74) is 2.14. The molecular weight excluding hydrogens is 525 g/mol. The van der Waals surface area contributed by atoms with Crippen LogP contribution >= 0.6 is 0 Å². The molecule has 0 aromatic carbocycles. The van der Waals surface area contributed by atoms with E-state index >= 15 is 8.78 Å². The van der Waals surface area contributed by atoms with E-state index in [1.54, 1.807) is 7.11 Å². The molecule has 0 amide bonds. The summed E-state index contributed by atoms with van der Waals surface area (Å²) >= 11 is 0. The molecule has 1 aliphatic carbocycles. The molecule has 3 aliphatic rings. The largest absolute Gasteiger partial charge is 0.480 e. The van der Waals surface area contributed by atoms with Gasteiger partial charge in [-0.25, -0.2) is 23.1 Å². The second-order valence-electron chi connectivity index (χ2n) is 11.1. The first-order valence-electron chi connectivity index (χ1n) is 14.2. The lowest BCUT2D eigenvalue weighted by atomic mass is 9.92. The quantitative estimate of drug-likeness (QED) is 0.348. The first kappa shape index (κ1) is 28.6. The molecule has 5 rings (SSSR count). The van der Waals surface area contributed by atoms with Crippen molar-refractivity contribution < 1.29 is 32.5 Å². The highest BCUT2D eigenvalue weighted by Gasteiger charge is 2.46. The van der Waals surface area contributed by atoms with E-state index in [-0.39, 0.29) is 49.6 Å². The molecule has 40 heavy (non-hydrogen) atoms. The standard InChI is InChI=1S/C29H37F3N4O4/c1-39-22-14-23(15-22)40-27-24(13-20(30)16-34-27)25(28(37)38)36-12-9-19(17-36)29(31,32)10-3-2-6-21-8-7-18-5-4-11-33-26(18)35-21/h7-8,13,16,19,22-23,25H,2-6,9-12,14-15,17H2,1H3,(H,33,35)(H,37,38). The van der Waals surface area contributed by atoms with E-state index in [0.717, 1.165) is 43.2 Å². The number of carbonyl (C=O) groups is 1. The lowest BCUT2D eigenvalue weighted by molar-refractivity contribution is -0.143. The highest BCUT2D eigenvalue weighted by atomic mass is 19.3. The smallest absolute Gasteiger partial charge is 0.325 e. The number of aliphatic carboxylic acids is 1. The monoisotopic (exact) mass is 562 g/mol. The number of aryl methyl sites for hydroxylation is 2. The van der Waals surface area contributed by atoms with Crippen molar-refractivity contribution in [1.82, 2.24) is 14.9 Å². The first-order chi connectivity index (χ1) is 19.2. The van der Waals surface area contributed by atoms with Gasteiger partial charge in [0.15, 0.2) is 0 Å². The van der Waals surface area contributed by atoms with Crippen molar-refractivity contribution in [3.8, 4) is 5.88 Å². The van der Waals surface area contributed by atoms with Gasteiger partial charge < -0.3 is 19.9 Å². The topological polar surface area (TPSA) is 96.8 Å². The second kappa shape index (κ2) is 12.3. The summed E-state index contributed by atoms with van der Waals surface area (Å²) in [6.07, 6.45) is 5.57. The number of methoxy groups -OCH3 is 1. The third-order valence-electron chi connectivity index (χ3n) is 8.36. The van der Waals surface area contributed by atoms with E-state index in [0.29, 0.717) is 32.1 Å². The van der Waals surface area contributed by atoms with Crippen LogP contribution < -0.4 is 10.1 Å². The second-order valence-corrected chi connectivity index (χ2v) is 11.1. The zero-order chi connectivity index (χ0) is 28.3. The molecule has 2 aromatic heterocycles. The third-order valence-corrected chi connectivity index (χ3v) is 8.36. The maximum Gasteiger partial charge on any atom is 0.325 e. The van der Waals surface area contributed by atoms with Gasteiger partial charge in [0, 0.05) is 56.6 Å². The maximum atomic E-state index is 15.3. The number of anilines is 1. The Bertz CT molecular complexity index is 1190. The fraction of sp³-hybridized carbons (Fsp3) is 0.621. The summed E-state index contributed by atoms with van der Waals surface area (Å²) in [6, 6.07) is 3.80. The lowest BCUT2D eigenvalue weighted by Crippen LogP contribution is -2.40. The van der Waals surface area contributed by atoms with Crippen LogP contribution in [0.5, 0.6) is 5.88 Å². The number of likely N-dealkylation sites (tertiary alicyclic amines) is 1. The van der Waals surface area contributed by atoms with E-state index in [1.807, 2.05) is 6.07 Å². The zero-order valence-electron chi connectivity index (χ0n) is 22.8. The number of nitrogens with one attached hydrogen (secondary N) is 1. The summed E-state index contributed by atoms with van der Waals surface area (Å²) in [6.45, 7) is 0.956. The maximum absolute atomic E-state index is 15.3. The average molecular weight is 563 g/mol. The van der Waals surface area contributed by atoms with Crippen LogP contribution in [-0.4, -0.2) is 70.8 Å². The zero-order valence-corrected chi connectivity index (χ0v) is 22.8. The summed E-state index contributed by atoms with van der Waals surface area (Å²) in [4.78, 5) is 22.5. The fourth-order valence-electron chi connectivity index (χ4n) is 5.93. The van der Waals surface area contributed by atoms with Gasteiger partial charge in [0.05, 0.1) is 12.3 Å². The van der Waals surface area contributed by atoms with Crippen molar-refractivity contribution in [2.45, 2.75) is 82.0 Å². The van der Waals surface area contributed by atoms with Gasteiger partial charge >= 0.3 is 5.97 Å². The van der Waals surface area contributed by atoms with Crippen LogP contribution in [0.25, 0.3) is 0 Å². The van der Waals surface area contributed by atoms with Gasteiger partial charge in [-0.15, -0.1) is 0 Å². The average Bonchev–Trinajstić information content (AvgIpc) is 3.40. The Kier molecular flexibility index (Phi) is 8.80. The highest BCUT2D eigenvalue weighted by molar-refractivity contribution is 5.76. The minimum Gasteiger partial charge on any atom is -0.480 e. The van der Waals surface area contributed by atoms with E-state index in [2.05, 4.69) is 21.4 Å². The Labute approximate surface area is 232 Å². The number of carboxylic acid groups (broad SMARTS) is 1. The van der Waals surface area contributed by atoms with Gasteiger partial charge in [0.25, 0.3) is 5.92 Å². The number of unbranched alkanes of at least 4 members (excludes halogenated alkanes) is 1. The SMILES string of the molecule is COC1CC(Oc2ncc(F)cc2C(C(=O)O)N2CCC(C(F)(F)CCCCc3ccc4c(n3)NCCC4)C2)C1. The molecule has 11 heteroatoms. The summed E-state index contributed by atoms with van der Waals surface area (Å²) in [5, 5.41) is 13.4. The number of pyridine rings is 2. The molecule has 4 heterocycles. The van der Waals surface area contributed by atoms with E-state index < -0.39 is 29.7 Å². The van der Waals surface area contributed by atoms with Crippen LogP contribution in [0.2, 0.25) is 0 Å². The van der Waals surface area contributed by atoms with Crippen LogP contribution in [0.1, 0.15) is 67.8 Å². The highest BCUT2D eigenvalue weighted by Crippen LogP contribution is 2.41. The van der Waals surface area contributed by atoms with Crippen molar-refractivity contribution in [3.63, 3.8) is 0 Å². The Morgan fingerprint density at radius 3 is 2.88 bits per heavy atom. The Balaban J connectivity index is 1.18. The van der Waals surface area contributed by atoms with E-state index in [4.69, 9.17) is 9.47 Å². The molecule has 218 valence electrons. The molecule has 2 aliphatic heterocycles. The third kappa shape index (κ3) is 6.52. The van der Waals surface area contributed by atoms with Crippen molar-refractivity contribution in [1.29, 1.82) is 0 Å². The molecule has 2 aromatic rings. The number of nitrogens with zero attached hydrogens (tertiary/aromatic N) is 3. The molecule has 2 unspecified atom stereocenters. The van der Waals surface area contributed by atoms with Gasteiger partial charge in [-0.3, -0.25) is 9.69 Å². The number of hydrogen-bond donors (Lipinski definition) is 2. The number of carboxylic acids is 1. The van der Waals surface area contributed by atoms with Crippen molar-refractivity contribution in [2.24, 2.45) is 5.92 Å². The molecule has 1 saturated heterocycles. The van der Waals surface area contributed by atoms with Gasteiger partial charge in [-0.2, -0.15) is 0 Å². The fourth-order valence-corrected chi connectivity index (χ4v) is 5.93.